The molecule has 0 saturated carbocycles. The normalized spacial score (nSPS) is 10.1. The molecule has 0 rings (SSSR count). The highest BCUT2D eigenvalue weighted by molar-refractivity contribution is 4.40. The Kier molecular flexibility index (Phi) is 23.9. The molecule has 0 bridgehead atoms. The van der Waals surface area contributed by atoms with Crippen molar-refractivity contribution in [3.63, 3.8) is 0 Å². The molecular weight excluding hydrogens is 320 g/mol. The van der Waals surface area contributed by atoms with Crippen LogP contribution in [0.25, 0.3) is 0 Å². The Labute approximate surface area is 97.2 Å². The number of rotatable bonds is 1. The average Bonchev–Trinajstić information content (AvgIpc) is 2.18. The smallest absolute Gasteiger partial charge is 0.214 e. The van der Waals surface area contributed by atoms with Gasteiger partial charge in [0.1, 0.15) is 0 Å². The van der Waals surface area contributed by atoms with Crippen molar-refractivity contribution in [1.29, 1.82) is 0 Å². The van der Waals surface area contributed by atoms with Crippen LogP contribution in [0.15, 0.2) is 0 Å². The van der Waals surface area contributed by atoms with Crippen LogP contribution >= 0.6 is 0 Å². The standard InChI is InChI=1S/C2H2F4O.CF4O.2CH2F2/c3-2(4,5)1-7-6;2-1(3,4)6-5;2*2-1-3/h1H2;;2*1H2. The molecule has 0 aromatic rings. The molecule has 0 saturated heterocycles. The Morgan fingerprint density at radius 3 is 0.895 bits per heavy atom. The van der Waals surface area contributed by atoms with E-state index < -0.39 is 33.0 Å². The third-order valence-electron chi connectivity index (χ3n) is 0.306. The first kappa shape index (κ1) is 26.6. The molecule has 14 heteroatoms. The average molecular weight is 326 g/mol. The highest BCUT2D eigenvalue weighted by atomic mass is 19.5. The molecule has 0 aromatic heterocycles. The summed E-state index contributed by atoms with van der Waals surface area (Å²) in [6.07, 6.45) is -9.67. The molecule has 0 radical (unpaired) electrons. The summed E-state index contributed by atoms with van der Waals surface area (Å²) >= 11 is 0. The molecule has 0 heterocycles. The maximum absolute atomic E-state index is 10.7. The van der Waals surface area contributed by atoms with E-state index in [2.05, 4.69) is 4.94 Å². The minimum absolute atomic E-state index is 1.44. The van der Waals surface area contributed by atoms with Gasteiger partial charge in [-0.2, -0.15) is 18.1 Å². The predicted molar refractivity (Wildman–Crippen MR) is 35.5 cm³/mol. The first-order valence-corrected chi connectivity index (χ1v) is 3.36. The summed E-state index contributed by atoms with van der Waals surface area (Å²) in [5.74, 6) is 0. The fourth-order valence-corrected chi connectivity index (χ4v) is 0.0619. The first-order chi connectivity index (χ1) is 8.45. The molecule has 0 unspecified atom stereocenters. The van der Waals surface area contributed by atoms with E-state index in [9.17, 15) is 53.0 Å². The topological polar surface area (TPSA) is 18.5 Å². The second-order valence-corrected chi connectivity index (χ2v) is 1.59. The number of halogens is 12. The van der Waals surface area contributed by atoms with Crippen LogP contribution in [-0.4, -0.2) is 33.0 Å². The zero-order chi connectivity index (χ0) is 16.5. The first-order valence-electron chi connectivity index (χ1n) is 3.36. The highest BCUT2D eigenvalue weighted by Gasteiger charge is 2.30. The van der Waals surface area contributed by atoms with E-state index in [1.54, 1.807) is 0 Å². The van der Waals surface area contributed by atoms with Gasteiger partial charge in [0.15, 0.2) is 6.61 Å². The van der Waals surface area contributed by atoms with Gasteiger partial charge in [-0.05, 0) is 9.05 Å². The van der Waals surface area contributed by atoms with Crippen molar-refractivity contribution in [1.82, 2.24) is 0 Å². The van der Waals surface area contributed by atoms with E-state index in [-0.39, 0.29) is 0 Å². The summed E-state index contributed by atoms with van der Waals surface area (Å²) in [7, 11) is 0. The number of hydrogen-bond donors (Lipinski definition) is 0. The van der Waals surface area contributed by atoms with Gasteiger partial charge in [0.25, 0.3) is 0 Å². The molecule has 0 atom stereocenters. The maximum atomic E-state index is 10.7. The van der Waals surface area contributed by atoms with Crippen LogP contribution in [0.1, 0.15) is 0 Å². The van der Waals surface area contributed by atoms with Crippen LogP contribution < -0.4 is 0 Å². The van der Waals surface area contributed by atoms with Crippen LogP contribution in [0.5, 0.6) is 0 Å². The van der Waals surface area contributed by atoms with Crippen molar-refractivity contribution >= 4 is 0 Å². The van der Waals surface area contributed by atoms with E-state index in [4.69, 9.17) is 0 Å². The maximum Gasteiger partial charge on any atom is 0.553 e. The molecule has 0 fully saturated rings. The molecule has 0 aliphatic carbocycles. The zero-order valence-electron chi connectivity index (χ0n) is 8.47. The monoisotopic (exact) mass is 326 g/mol. The Bertz CT molecular complexity index is 142. The quantitative estimate of drug-likeness (QED) is 0.655. The zero-order valence-corrected chi connectivity index (χ0v) is 8.47. The van der Waals surface area contributed by atoms with Crippen molar-refractivity contribution in [3.05, 3.63) is 0 Å². The van der Waals surface area contributed by atoms with Gasteiger partial charge in [-0.1, -0.05) is 4.94 Å². The Hall–Kier alpha value is -0.920. The van der Waals surface area contributed by atoms with Gasteiger partial charge in [-0.15, -0.1) is 13.2 Å². The number of hydrogen-bond acceptors (Lipinski definition) is 2. The summed E-state index contributed by atoms with van der Waals surface area (Å²) in [5.41, 5.74) is 0. The summed E-state index contributed by atoms with van der Waals surface area (Å²) < 4.78 is 121. The second-order valence-electron chi connectivity index (χ2n) is 1.59. The van der Waals surface area contributed by atoms with Crippen LogP contribution in [0.2, 0.25) is 0 Å². The Morgan fingerprint density at radius 1 is 0.684 bits per heavy atom. The highest BCUT2D eigenvalue weighted by Crippen LogP contribution is 2.15. The van der Waals surface area contributed by atoms with Gasteiger partial charge in [-0.3, -0.25) is 0 Å². The van der Waals surface area contributed by atoms with Crippen molar-refractivity contribution in [2.24, 2.45) is 0 Å². The molecule has 0 spiro atoms. The van der Waals surface area contributed by atoms with Crippen LogP contribution in [0, 0.1) is 0 Å². The van der Waals surface area contributed by atoms with Gasteiger partial charge < -0.3 is 0 Å². The lowest BCUT2D eigenvalue weighted by Crippen LogP contribution is -2.13. The fourth-order valence-electron chi connectivity index (χ4n) is 0.0619. The molecule has 0 aliphatic rings. The van der Waals surface area contributed by atoms with E-state index in [0.29, 0.717) is 0 Å². The van der Waals surface area contributed by atoms with E-state index >= 15 is 0 Å². The van der Waals surface area contributed by atoms with Crippen LogP contribution in [-0.2, 0) is 9.88 Å². The SMILES string of the molecule is FCF.FCF.FOC(F)(F)F.FOCC(F)(F)F. The molecule has 122 valence electrons. The predicted octanol–water partition coefficient (Wildman–Crippen LogP) is 4.62. The summed E-state index contributed by atoms with van der Waals surface area (Å²) in [4.78, 5) is 3.72. The fraction of sp³-hybridized carbons (Fsp3) is 1.00. The van der Waals surface area contributed by atoms with E-state index in [1.165, 1.54) is 4.94 Å². The minimum atomic E-state index is -5.12. The lowest BCUT2D eigenvalue weighted by molar-refractivity contribution is -0.416. The third kappa shape index (κ3) is 105. The van der Waals surface area contributed by atoms with Gasteiger partial charge in [0.2, 0.25) is 13.9 Å². The Balaban J connectivity index is -0.0000000851. The van der Waals surface area contributed by atoms with Gasteiger partial charge in [0.05, 0.1) is 0 Å². The lowest BCUT2D eigenvalue weighted by Gasteiger charge is -1.97. The molecule has 19 heavy (non-hydrogen) atoms. The van der Waals surface area contributed by atoms with Gasteiger partial charge >= 0.3 is 12.5 Å². The summed E-state index contributed by atoms with van der Waals surface area (Å²) in [5, 5.41) is 0. The largest absolute Gasteiger partial charge is 0.553 e. The van der Waals surface area contributed by atoms with Crippen molar-refractivity contribution in [3.8, 4) is 0 Å². The summed E-state index contributed by atoms with van der Waals surface area (Å²) in [6.45, 7) is -5.33. The molecule has 2 nitrogen and oxygen atoms in total. The molecule has 0 N–H and O–H groups in total. The van der Waals surface area contributed by atoms with Gasteiger partial charge in [0, 0.05) is 0 Å². The molecule has 0 aliphatic heterocycles. The summed E-state index contributed by atoms with van der Waals surface area (Å²) in [6, 6.07) is 0. The lowest BCUT2D eigenvalue weighted by atomic mass is 10.7. The molecular formula is C5H6F12O2. The number of alkyl halides is 10. The molecule has 0 aromatic carbocycles. The molecule has 0 amide bonds. The van der Waals surface area contributed by atoms with Crippen LogP contribution in [0.4, 0.5) is 53.0 Å². The third-order valence-corrected chi connectivity index (χ3v) is 0.306. The van der Waals surface area contributed by atoms with Crippen molar-refractivity contribution < 1.29 is 62.8 Å². The van der Waals surface area contributed by atoms with E-state index in [0.717, 1.165) is 0 Å². The van der Waals surface area contributed by atoms with Gasteiger partial charge in [-0.25, -0.2) is 17.6 Å². The Morgan fingerprint density at radius 2 is 0.895 bits per heavy atom. The minimum Gasteiger partial charge on any atom is -0.214 e. The van der Waals surface area contributed by atoms with Crippen molar-refractivity contribution in [2.45, 2.75) is 12.5 Å². The van der Waals surface area contributed by atoms with E-state index in [1.807, 2.05) is 0 Å². The van der Waals surface area contributed by atoms with Crippen molar-refractivity contribution in [2.75, 3.05) is 20.5 Å². The van der Waals surface area contributed by atoms with Crippen LogP contribution in [0.3, 0.4) is 0 Å². The second kappa shape index (κ2) is 17.1.